The maximum Gasteiger partial charge on any atom is 0.249 e. The molecule has 5 rings (SSSR count). The SMILES string of the molecule is COc1cccc(C(C(=O)NC(C)(C)C)N(C(=O)Cn2nnc3ccccc32)c2ccc3c(c2)OCCO3)c1. The van der Waals surface area contributed by atoms with Crippen LogP contribution in [0.15, 0.2) is 66.7 Å². The number of para-hydroxylation sites is 1. The first-order valence-corrected chi connectivity index (χ1v) is 12.7. The highest BCUT2D eigenvalue weighted by Gasteiger charge is 2.35. The largest absolute Gasteiger partial charge is 0.497 e. The van der Waals surface area contributed by atoms with Crippen LogP contribution in [0.2, 0.25) is 0 Å². The maximum atomic E-state index is 14.2. The maximum absolute atomic E-state index is 14.2. The van der Waals surface area contributed by atoms with E-state index in [1.807, 2.05) is 45.0 Å². The molecule has 0 radical (unpaired) electrons. The summed E-state index contributed by atoms with van der Waals surface area (Å²) in [6.07, 6.45) is 0. The molecule has 0 aliphatic carbocycles. The molecule has 0 spiro atoms. The molecule has 1 N–H and O–H groups in total. The number of ether oxygens (including phenoxy) is 3. The summed E-state index contributed by atoms with van der Waals surface area (Å²) in [6, 6.07) is 18.8. The number of nitrogens with zero attached hydrogens (tertiary/aromatic N) is 4. The molecule has 1 atom stereocenters. The Morgan fingerprint density at radius 2 is 1.79 bits per heavy atom. The van der Waals surface area contributed by atoms with Crippen LogP contribution in [0.4, 0.5) is 5.69 Å². The molecule has 1 aliphatic rings. The molecule has 10 nitrogen and oxygen atoms in total. The molecular formula is C29H31N5O5. The minimum Gasteiger partial charge on any atom is -0.497 e. The predicted octanol–water partition coefficient (Wildman–Crippen LogP) is 3.90. The molecule has 1 aromatic heterocycles. The number of hydrogen-bond donors (Lipinski definition) is 1. The molecule has 0 fully saturated rings. The van der Waals surface area contributed by atoms with Gasteiger partial charge in [0.15, 0.2) is 11.5 Å². The third-order valence-electron chi connectivity index (χ3n) is 6.19. The second-order valence-corrected chi connectivity index (χ2v) is 10.2. The highest BCUT2D eigenvalue weighted by atomic mass is 16.6. The van der Waals surface area contributed by atoms with Gasteiger partial charge in [0.25, 0.3) is 0 Å². The molecule has 202 valence electrons. The van der Waals surface area contributed by atoms with E-state index in [4.69, 9.17) is 14.2 Å². The van der Waals surface area contributed by atoms with Crippen molar-refractivity contribution in [1.29, 1.82) is 0 Å². The molecule has 4 aromatic rings. The molecule has 39 heavy (non-hydrogen) atoms. The molecule has 2 amide bonds. The summed E-state index contributed by atoms with van der Waals surface area (Å²) in [7, 11) is 1.56. The third-order valence-corrected chi connectivity index (χ3v) is 6.19. The number of aromatic nitrogens is 3. The van der Waals surface area contributed by atoms with Crippen LogP contribution in [0.5, 0.6) is 17.2 Å². The lowest BCUT2D eigenvalue weighted by atomic mass is 10.00. The number of carbonyl (C=O) groups is 2. The van der Waals surface area contributed by atoms with Gasteiger partial charge in [-0.05, 0) is 62.7 Å². The molecule has 1 aliphatic heterocycles. The monoisotopic (exact) mass is 529 g/mol. The molecule has 1 unspecified atom stereocenters. The fraction of sp³-hybridized carbons (Fsp3) is 0.310. The molecule has 10 heteroatoms. The van der Waals surface area contributed by atoms with Crippen molar-refractivity contribution in [2.45, 2.75) is 38.9 Å². The summed E-state index contributed by atoms with van der Waals surface area (Å²) in [5.41, 5.74) is 1.90. The van der Waals surface area contributed by atoms with E-state index in [9.17, 15) is 9.59 Å². The van der Waals surface area contributed by atoms with Crippen molar-refractivity contribution in [3.8, 4) is 17.2 Å². The van der Waals surface area contributed by atoms with Crippen molar-refractivity contribution in [2.24, 2.45) is 0 Å². The average molecular weight is 530 g/mol. The van der Waals surface area contributed by atoms with E-state index in [1.165, 1.54) is 9.58 Å². The third kappa shape index (κ3) is 5.64. The topological polar surface area (TPSA) is 108 Å². The van der Waals surface area contributed by atoms with Gasteiger partial charge in [-0.1, -0.05) is 29.5 Å². The number of benzene rings is 3. The lowest BCUT2D eigenvalue weighted by Gasteiger charge is -2.34. The van der Waals surface area contributed by atoms with Gasteiger partial charge in [0.2, 0.25) is 11.8 Å². The summed E-state index contributed by atoms with van der Waals surface area (Å²) in [4.78, 5) is 29.6. The smallest absolute Gasteiger partial charge is 0.249 e. The predicted molar refractivity (Wildman–Crippen MR) is 146 cm³/mol. The summed E-state index contributed by atoms with van der Waals surface area (Å²) in [5, 5.41) is 11.4. The highest BCUT2D eigenvalue weighted by molar-refractivity contribution is 6.02. The van der Waals surface area contributed by atoms with Crippen LogP contribution in [0.25, 0.3) is 11.0 Å². The number of rotatable bonds is 7. The number of anilines is 1. The van der Waals surface area contributed by atoms with E-state index >= 15 is 0 Å². The van der Waals surface area contributed by atoms with Crippen LogP contribution < -0.4 is 24.4 Å². The van der Waals surface area contributed by atoms with Gasteiger partial charge in [-0.2, -0.15) is 0 Å². The van der Waals surface area contributed by atoms with Crippen LogP contribution in [0.3, 0.4) is 0 Å². The minimum atomic E-state index is -1.02. The normalized spacial score (nSPS) is 13.5. The number of fused-ring (bicyclic) bond motifs is 2. The number of hydrogen-bond acceptors (Lipinski definition) is 7. The van der Waals surface area contributed by atoms with Gasteiger partial charge in [-0.15, -0.1) is 5.10 Å². The second kappa shape index (κ2) is 10.6. The Morgan fingerprint density at radius 1 is 1.03 bits per heavy atom. The van der Waals surface area contributed by atoms with Crippen LogP contribution in [0, 0.1) is 0 Å². The average Bonchev–Trinajstić information content (AvgIpc) is 3.33. The number of methoxy groups -OCH3 is 1. The van der Waals surface area contributed by atoms with E-state index in [2.05, 4.69) is 15.6 Å². The summed E-state index contributed by atoms with van der Waals surface area (Å²) >= 11 is 0. The summed E-state index contributed by atoms with van der Waals surface area (Å²) in [5.74, 6) is 0.944. The molecule has 0 bridgehead atoms. The molecule has 0 saturated carbocycles. The quantitative estimate of drug-likeness (QED) is 0.387. The van der Waals surface area contributed by atoms with E-state index in [1.54, 1.807) is 49.6 Å². The van der Waals surface area contributed by atoms with Gasteiger partial charge in [-0.3, -0.25) is 14.5 Å². The van der Waals surface area contributed by atoms with E-state index in [0.717, 1.165) is 0 Å². The van der Waals surface area contributed by atoms with Crippen LogP contribution >= 0.6 is 0 Å². The Balaban J connectivity index is 1.64. The Bertz CT molecular complexity index is 1510. The van der Waals surface area contributed by atoms with E-state index in [-0.39, 0.29) is 18.4 Å². The van der Waals surface area contributed by atoms with Crippen molar-refractivity contribution in [1.82, 2.24) is 20.3 Å². The minimum absolute atomic E-state index is 0.141. The van der Waals surface area contributed by atoms with E-state index in [0.29, 0.717) is 52.7 Å². The fourth-order valence-corrected chi connectivity index (χ4v) is 4.52. The zero-order valence-electron chi connectivity index (χ0n) is 22.4. The van der Waals surface area contributed by atoms with Gasteiger partial charge in [0.05, 0.1) is 12.6 Å². The van der Waals surface area contributed by atoms with Crippen molar-refractivity contribution >= 4 is 28.5 Å². The van der Waals surface area contributed by atoms with E-state index < -0.39 is 11.6 Å². The zero-order chi connectivity index (χ0) is 27.6. The zero-order valence-corrected chi connectivity index (χ0v) is 22.4. The van der Waals surface area contributed by atoms with Gasteiger partial charge >= 0.3 is 0 Å². The standard InChI is InChI=1S/C29H31N5O5/c1-29(2,3)30-28(36)27(19-8-7-9-21(16-19)37-4)34(20-12-13-24-25(17-20)39-15-14-38-24)26(35)18-33-23-11-6-5-10-22(23)31-32-33/h5-13,16-17,27H,14-15,18H2,1-4H3,(H,30,36). The fourth-order valence-electron chi connectivity index (χ4n) is 4.52. The lowest BCUT2D eigenvalue weighted by Crippen LogP contribution is -2.50. The molecule has 2 heterocycles. The Morgan fingerprint density at radius 3 is 2.56 bits per heavy atom. The Kier molecular flexibility index (Phi) is 7.10. The van der Waals surface area contributed by atoms with Gasteiger partial charge < -0.3 is 19.5 Å². The number of carbonyl (C=O) groups excluding carboxylic acids is 2. The number of nitrogens with one attached hydrogen (secondary N) is 1. The highest BCUT2D eigenvalue weighted by Crippen LogP contribution is 2.38. The van der Waals surface area contributed by atoms with Crippen molar-refractivity contribution in [3.63, 3.8) is 0 Å². The molecule has 0 saturated heterocycles. The van der Waals surface area contributed by atoms with Crippen molar-refractivity contribution < 1.29 is 23.8 Å². The van der Waals surface area contributed by atoms with Crippen molar-refractivity contribution in [3.05, 3.63) is 72.3 Å². The molecule has 3 aromatic carbocycles. The first-order chi connectivity index (χ1) is 18.7. The molecular weight excluding hydrogens is 498 g/mol. The van der Waals surface area contributed by atoms with Gasteiger partial charge in [0, 0.05) is 17.3 Å². The van der Waals surface area contributed by atoms with Crippen LogP contribution in [-0.4, -0.2) is 52.7 Å². The summed E-state index contributed by atoms with van der Waals surface area (Å²) < 4.78 is 18.5. The van der Waals surface area contributed by atoms with Crippen LogP contribution in [-0.2, 0) is 16.1 Å². The number of amides is 2. The van der Waals surface area contributed by atoms with Crippen molar-refractivity contribution in [2.75, 3.05) is 25.2 Å². The second-order valence-electron chi connectivity index (χ2n) is 10.2. The lowest BCUT2D eigenvalue weighted by molar-refractivity contribution is -0.128. The van der Waals surface area contributed by atoms with Gasteiger partial charge in [0.1, 0.15) is 37.1 Å². The first kappa shape index (κ1) is 26.0. The van der Waals surface area contributed by atoms with Crippen LogP contribution in [0.1, 0.15) is 32.4 Å². The Hall–Kier alpha value is -4.60. The first-order valence-electron chi connectivity index (χ1n) is 12.7. The Labute approximate surface area is 226 Å². The van der Waals surface area contributed by atoms with Gasteiger partial charge in [-0.25, -0.2) is 4.68 Å². The summed E-state index contributed by atoms with van der Waals surface area (Å²) in [6.45, 7) is 6.37.